The Kier molecular flexibility index (Phi) is 3.44. The molecule has 0 aromatic carbocycles. The molecule has 0 unspecified atom stereocenters. The number of aromatic nitrogens is 4. The van der Waals surface area contributed by atoms with E-state index in [1.807, 2.05) is 24.3 Å². The van der Waals surface area contributed by atoms with Crippen molar-refractivity contribution in [3.63, 3.8) is 0 Å². The number of nitrogens with one attached hydrogen (secondary N) is 1. The largest absolute Gasteiger partial charge is 0.343 e. The molecule has 0 aliphatic carbocycles. The van der Waals surface area contributed by atoms with Crippen LogP contribution in [0.2, 0.25) is 0 Å². The van der Waals surface area contributed by atoms with Crippen molar-refractivity contribution in [3.05, 3.63) is 68.8 Å². The van der Waals surface area contributed by atoms with Crippen LogP contribution in [0.5, 0.6) is 0 Å². The Morgan fingerprint density at radius 3 is 3.00 bits per heavy atom. The summed E-state index contributed by atoms with van der Waals surface area (Å²) < 4.78 is 1.52. The number of pyridine rings is 1. The first kappa shape index (κ1) is 12.4. The Labute approximate surface area is 118 Å². The highest BCUT2D eigenvalue weighted by Crippen LogP contribution is 2.16. The van der Waals surface area contributed by atoms with Crippen LogP contribution < -0.4 is 5.69 Å². The Bertz CT molecular complexity index is 820. The fourth-order valence-electron chi connectivity index (χ4n) is 1.65. The van der Waals surface area contributed by atoms with Crippen LogP contribution in [0.25, 0.3) is 0 Å². The first-order valence-electron chi connectivity index (χ1n) is 5.92. The summed E-state index contributed by atoms with van der Waals surface area (Å²) in [4.78, 5) is 17.4. The Balaban J connectivity index is 1.76. The van der Waals surface area contributed by atoms with Crippen LogP contribution in [0.4, 0.5) is 0 Å². The normalized spacial score (nSPS) is 10.0. The van der Waals surface area contributed by atoms with Crippen molar-refractivity contribution in [1.82, 2.24) is 19.7 Å². The van der Waals surface area contributed by atoms with Crippen LogP contribution >= 0.6 is 11.3 Å². The van der Waals surface area contributed by atoms with E-state index >= 15 is 0 Å². The standard InChI is InChI=1S/C14H10N4OS/c19-14-17-16-10-18(14)9-13-6-5-12(20-13)4-3-11-2-1-7-15-8-11/h1-2,5-8,10H,9H2,(H,17,19). The minimum absolute atomic E-state index is 0.207. The summed E-state index contributed by atoms with van der Waals surface area (Å²) in [5.41, 5.74) is 0.676. The highest BCUT2D eigenvalue weighted by Gasteiger charge is 2.02. The predicted octanol–water partition coefficient (Wildman–Crippen LogP) is 1.48. The van der Waals surface area contributed by atoms with Gasteiger partial charge in [-0.25, -0.2) is 9.89 Å². The Morgan fingerprint density at radius 1 is 1.30 bits per heavy atom. The zero-order chi connectivity index (χ0) is 13.8. The summed E-state index contributed by atoms with van der Waals surface area (Å²) in [6.07, 6.45) is 4.94. The molecule has 0 atom stereocenters. The van der Waals surface area contributed by atoms with Crippen LogP contribution in [0.15, 0.2) is 47.8 Å². The molecule has 5 nitrogen and oxygen atoms in total. The second-order valence-electron chi connectivity index (χ2n) is 4.05. The van der Waals surface area contributed by atoms with Gasteiger partial charge in [-0.1, -0.05) is 11.8 Å². The second-order valence-corrected chi connectivity index (χ2v) is 5.22. The molecule has 3 aromatic heterocycles. The summed E-state index contributed by atoms with van der Waals surface area (Å²) >= 11 is 1.56. The average molecular weight is 282 g/mol. The van der Waals surface area contributed by atoms with Gasteiger partial charge in [-0.2, -0.15) is 5.10 Å². The topological polar surface area (TPSA) is 63.6 Å². The number of hydrogen-bond acceptors (Lipinski definition) is 4. The van der Waals surface area contributed by atoms with E-state index in [1.165, 1.54) is 10.9 Å². The molecule has 3 heterocycles. The predicted molar refractivity (Wildman–Crippen MR) is 76.5 cm³/mol. The fraction of sp³-hybridized carbons (Fsp3) is 0.0714. The molecule has 3 rings (SSSR count). The Hall–Kier alpha value is -2.65. The number of H-pyrrole nitrogens is 1. The molecule has 0 fully saturated rings. The summed E-state index contributed by atoms with van der Waals surface area (Å²) in [6.45, 7) is 0.509. The number of aromatic amines is 1. The van der Waals surface area contributed by atoms with E-state index in [-0.39, 0.29) is 5.69 Å². The molecule has 0 radical (unpaired) electrons. The molecule has 20 heavy (non-hydrogen) atoms. The lowest BCUT2D eigenvalue weighted by Gasteiger charge is -1.94. The molecule has 0 saturated carbocycles. The third-order valence-corrected chi connectivity index (χ3v) is 3.58. The molecule has 0 spiro atoms. The SMILES string of the molecule is O=c1[nH]ncn1Cc1ccc(C#Cc2cccnc2)s1. The summed E-state index contributed by atoms with van der Waals surface area (Å²) in [6, 6.07) is 7.70. The van der Waals surface area contributed by atoms with Crippen molar-refractivity contribution in [2.75, 3.05) is 0 Å². The monoisotopic (exact) mass is 282 g/mol. The van der Waals surface area contributed by atoms with E-state index in [0.717, 1.165) is 15.3 Å². The molecule has 0 aliphatic rings. The summed E-state index contributed by atoms with van der Waals surface area (Å²) in [5.74, 6) is 6.15. The van der Waals surface area contributed by atoms with Gasteiger partial charge in [0, 0.05) is 22.8 Å². The maximum atomic E-state index is 11.4. The maximum absolute atomic E-state index is 11.4. The lowest BCUT2D eigenvalue weighted by molar-refractivity contribution is 0.772. The van der Waals surface area contributed by atoms with Crippen molar-refractivity contribution < 1.29 is 0 Å². The molecule has 6 heteroatoms. The van der Waals surface area contributed by atoms with Crippen LogP contribution in [0.3, 0.4) is 0 Å². The quantitative estimate of drug-likeness (QED) is 0.724. The molecule has 0 amide bonds. The first-order chi connectivity index (χ1) is 9.81. The fourth-order valence-corrected chi connectivity index (χ4v) is 2.51. The lowest BCUT2D eigenvalue weighted by atomic mass is 10.3. The van der Waals surface area contributed by atoms with Crippen LogP contribution in [-0.4, -0.2) is 19.7 Å². The van der Waals surface area contributed by atoms with E-state index in [0.29, 0.717) is 6.54 Å². The Morgan fingerprint density at radius 2 is 2.25 bits per heavy atom. The third kappa shape index (κ3) is 2.84. The average Bonchev–Trinajstić information content (AvgIpc) is 3.08. The van der Waals surface area contributed by atoms with Gasteiger partial charge >= 0.3 is 5.69 Å². The lowest BCUT2D eigenvalue weighted by Crippen LogP contribution is -2.16. The van der Waals surface area contributed by atoms with Gasteiger partial charge in [0.05, 0.1) is 11.4 Å². The number of rotatable bonds is 2. The molecule has 0 aliphatic heterocycles. The van der Waals surface area contributed by atoms with Gasteiger partial charge in [-0.15, -0.1) is 11.3 Å². The molecule has 0 saturated heterocycles. The zero-order valence-corrected chi connectivity index (χ0v) is 11.2. The van der Waals surface area contributed by atoms with Gasteiger partial charge in [0.15, 0.2) is 0 Å². The van der Waals surface area contributed by atoms with Crippen LogP contribution in [0, 0.1) is 11.8 Å². The van der Waals surface area contributed by atoms with E-state index in [4.69, 9.17) is 0 Å². The molecule has 1 N–H and O–H groups in total. The van der Waals surface area contributed by atoms with Crippen molar-refractivity contribution in [2.45, 2.75) is 6.54 Å². The van der Waals surface area contributed by atoms with E-state index in [2.05, 4.69) is 27.0 Å². The molecule has 3 aromatic rings. The van der Waals surface area contributed by atoms with Gasteiger partial charge in [0.2, 0.25) is 0 Å². The van der Waals surface area contributed by atoms with Gasteiger partial charge in [0.25, 0.3) is 0 Å². The maximum Gasteiger partial charge on any atom is 0.343 e. The number of thiophene rings is 1. The highest BCUT2D eigenvalue weighted by atomic mass is 32.1. The minimum Gasteiger partial charge on any atom is -0.276 e. The van der Waals surface area contributed by atoms with Gasteiger partial charge in [0.1, 0.15) is 6.33 Å². The van der Waals surface area contributed by atoms with Crippen molar-refractivity contribution >= 4 is 11.3 Å². The van der Waals surface area contributed by atoms with Gasteiger partial charge in [-0.05, 0) is 24.3 Å². The van der Waals surface area contributed by atoms with Gasteiger partial charge < -0.3 is 0 Å². The van der Waals surface area contributed by atoms with E-state index in [9.17, 15) is 4.79 Å². The number of nitrogens with zero attached hydrogens (tertiary/aromatic N) is 3. The number of hydrogen-bond donors (Lipinski definition) is 1. The highest BCUT2D eigenvalue weighted by molar-refractivity contribution is 7.12. The van der Waals surface area contributed by atoms with Crippen molar-refractivity contribution in [3.8, 4) is 11.8 Å². The zero-order valence-electron chi connectivity index (χ0n) is 10.4. The molecular formula is C14H10N4OS. The van der Waals surface area contributed by atoms with Gasteiger partial charge in [-0.3, -0.25) is 9.55 Å². The molecule has 0 bridgehead atoms. The molecular weight excluding hydrogens is 272 g/mol. The van der Waals surface area contributed by atoms with E-state index < -0.39 is 0 Å². The van der Waals surface area contributed by atoms with E-state index in [1.54, 1.807) is 23.7 Å². The summed E-state index contributed by atoms with van der Waals surface area (Å²) in [5, 5.41) is 6.07. The smallest absolute Gasteiger partial charge is 0.276 e. The second kappa shape index (κ2) is 5.55. The third-order valence-electron chi connectivity index (χ3n) is 2.60. The van der Waals surface area contributed by atoms with Crippen LogP contribution in [0.1, 0.15) is 15.3 Å². The van der Waals surface area contributed by atoms with Crippen LogP contribution in [-0.2, 0) is 6.54 Å². The first-order valence-corrected chi connectivity index (χ1v) is 6.73. The van der Waals surface area contributed by atoms with Crippen molar-refractivity contribution in [1.29, 1.82) is 0 Å². The minimum atomic E-state index is -0.207. The van der Waals surface area contributed by atoms with Crippen molar-refractivity contribution in [2.24, 2.45) is 0 Å². The molecule has 98 valence electrons. The summed E-state index contributed by atoms with van der Waals surface area (Å²) in [7, 11) is 0.